The second kappa shape index (κ2) is 6.60. The van der Waals surface area contributed by atoms with E-state index in [0.29, 0.717) is 13.0 Å². The van der Waals surface area contributed by atoms with Crippen LogP contribution in [0.15, 0.2) is 5.38 Å². The number of rotatable bonds is 7. The van der Waals surface area contributed by atoms with Gasteiger partial charge in [0, 0.05) is 18.4 Å². The molecule has 1 unspecified atom stereocenters. The molecule has 1 rings (SSSR count). The van der Waals surface area contributed by atoms with Crippen LogP contribution in [-0.4, -0.2) is 22.7 Å². The number of aromatic nitrogens is 1. The van der Waals surface area contributed by atoms with Gasteiger partial charge in [-0.2, -0.15) is 0 Å². The van der Waals surface area contributed by atoms with Crippen molar-refractivity contribution in [1.29, 1.82) is 0 Å². The molecule has 0 radical (unpaired) electrons. The van der Waals surface area contributed by atoms with E-state index < -0.39 is 5.97 Å². The minimum Gasteiger partial charge on any atom is -0.481 e. The Bertz CT molecular complexity index is 338. The zero-order chi connectivity index (χ0) is 12.0. The highest BCUT2D eigenvalue weighted by Crippen LogP contribution is 2.24. The van der Waals surface area contributed by atoms with Gasteiger partial charge in [0.15, 0.2) is 0 Å². The number of carboxylic acids is 1. The van der Waals surface area contributed by atoms with Gasteiger partial charge in [0.2, 0.25) is 0 Å². The van der Waals surface area contributed by atoms with Crippen molar-refractivity contribution in [2.45, 2.75) is 39.2 Å². The van der Waals surface area contributed by atoms with E-state index in [1.807, 2.05) is 12.3 Å². The van der Waals surface area contributed by atoms with E-state index in [-0.39, 0.29) is 12.5 Å². The van der Waals surface area contributed by atoms with Crippen LogP contribution in [0.2, 0.25) is 0 Å². The van der Waals surface area contributed by atoms with E-state index in [9.17, 15) is 4.79 Å². The molecular weight excluding hydrogens is 226 g/mol. The Labute approximate surface area is 99.3 Å². The average molecular weight is 243 g/mol. The summed E-state index contributed by atoms with van der Waals surface area (Å²) in [6, 6.07) is 0. The molecule has 1 aromatic rings. The second-order valence-electron chi connectivity index (χ2n) is 3.42. The summed E-state index contributed by atoms with van der Waals surface area (Å²) in [4.78, 5) is 14.8. The molecule has 1 N–H and O–H groups in total. The van der Waals surface area contributed by atoms with Gasteiger partial charge in [0.25, 0.3) is 0 Å². The van der Waals surface area contributed by atoms with Crippen LogP contribution in [0.25, 0.3) is 0 Å². The fourth-order valence-electron chi connectivity index (χ4n) is 1.39. The van der Waals surface area contributed by atoms with Crippen LogP contribution in [0.1, 0.15) is 43.5 Å². The Morgan fingerprint density at radius 1 is 1.62 bits per heavy atom. The molecule has 1 atom stereocenters. The number of thiazole rings is 1. The average Bonchev–Trinajstić information content (AvgIpc) is 2.71. The minimum absolute atomic E-state index is 0.0496. The number of carbonyl (C=O) groups is 1. The van der Waals surface area contributed by atoms with Gasteiger partial charge in [-0.25, -0.2) is 4.98 Å². The Kier molecular flexibility index (Phi) is 5.42. The molecule has 16 heavy (non-hydrogen) atoms. The summed E-state index contributed by atoms with van der Waals surface area (Å²) in [5.41, 5.74) is 0.848. The third kappa shape index (κ3) is 3.90. The lowest BCUT2D eigenvalue weighted by molar-refractivity contribution is -0.136. The predicted molar refractivity (Wildman–Crippen MR) is 62.7 cm³/mol. The maximum atomic E-state index is 10.4. The quantitative estimate of drug-likeness (QED) is 0.799. The lowest BCUT2D eigenvalue weighted by atomic mass is 10.2. The first-order valence-electron chi connectivity index (χ1n) is 5.45. The summed E-state index contributed by atoms with van der Waals surface area (Å²) < 4.78 is 5.55. The Morgan fingerprint density at radius 3 is 2.94 bits per heavy atom. The third-order valence-electron chi connectivity index (χ3n) is 2.18. The number of hydrogen-bond donors (Lipinski definition) is 1. The lowest BCUT2D eigenvalue weighted by Gasteiger charge is -2.11. The third-order valence-corrected chi connectivity index (χ3v) is 3.16. The van der Waals surface area contributed by atoms with Crippen molar-refractivity contribution in [3.63, 3.8) is 0 Å². The molecule has 5 heteroatoms. The molecule has 0 aliphatic carbocycles. The number of ether oxygens (including phenoxy) is 1. The Hall–Kier alpha value is -0.940. The van der Waals surface area contributed by atoms with Gasteiger partial charge in [-0.15, -0.1) is 11.3 Å². The van der Waals surface area contributed by atoms with E-state index >= 15 is 0 Å². The maximum Gasteiger partial charge on any atom is 0.303 e. The predicted octanol–water partition coefficient (Wildman–Crippen LogP) is 2.65. The molecule has 0 spiro atoms. The van der Waals surface area contributed by atoms with Crippen molar-refractivity contribution in [1.82, 2.24) is 4.98 Å². The fourth-order valence-corrected chi connectivity index (χ4v) is 2.37. The Balaban J connectivity index is 2.58. The number of hydrogen-bond acceptors (Lipinski definition) is 4. The number of aryl methyl sites for hydroxylation is 1. The van der Waals surface area contributed by atoms with Gasteiger partial charge in [0.1, 0.15) is 11.1 Å². The van der Waals surface area contributed by atoms with Crippen LogP contribution in [0, 0.1) is 0 Å². The topological polar surface area (TPSA) is 59.4 Å². The summed E-state index contributed by atoms with van der Waals surface area (Å²) in [5.74, 6) is -0.786. The van der Waals surface area contributed by atoms with Gasteiger partial charge < -0.3 is 9.84 Å². The summed E-state index contributed by atoms with van der Waals surface area (Å²) in [6.45, 7) is 4.68. The molecule has 4 nitrogen and oxygen atoms in total. The monoisotopic (exact) mass is 243 g/mol. The maximum absolute atomic E-state index is 10.4. The van der Waals surface area contributed by atoms with Gasteiger partial charge in [-0.3, -0.25) is 4.79 Å². The van der Waals surface area contributed by atoms with E-state index in [4.69, 9.17) is 9.84 Å². The molecular formula is C11H17NO3S. The van der Waals surface area contributed by atoms with E-state index in [1.54, 1.807) is 11.3 Å². The summed E-state index contributed by atoms with van der Waals surface area (Å²) in [6.07, 6.45) is 1.57. The molecule has 0 saturated heterocycles. The minimum atomic E-state index is -0.786. The van der Waals surface area contributed by atoms with Crippen LogP contribution >= 0.6 is 11.3 Å². The summed E-state index contributed by atoms with van der Waals surface area (Å²) in [7, 11) is 0. The van der Waals surface area contributed by atoms with Crippen LogP contribution in [-0.2, 0) is 16.0 Å². The van der Waals surface area contributed by atoms with E-state index in [0.717, 1.165) is 17.1 Å². The first kappa shape index (κ1) is 13.1. The highest BCUT2D eigenvalue weighted by molar-refractivity contribution is 7.09. The zero-order valence-electron chi connectivity index (χ0n) is 9.60. The van der Waals surface area contributed by atoms with Crippen molar-refractivity contribution in [3.8, 4) is 0 Å². The van der Waals surface area contributed by atoms with Gasteiger partial charge in [-0.1, -0.05) is 6.92 Å². The smallest absolute Gasteiger partial charge is 0.303 e. The second-order valence-corrected chi connectivity index (χ2v) is 4.31. The lowest BCUT2D eigenvalue weighted by Crippen LogP contribution is -2.03. The van der Waals surface area contributed by atoms with Crippen molar-refractivity contribution in [3.05, 3.63) is 16.1 Å². The van der Waals surface area contributed by atoms with Crippen molar-refractivity contribution >= 4 is 17.3 Å². The summed E-state index contributed by atoms with van der Waals surface area (Å²) >= 11 is 1.54. The van der Waals surface area contributed by atoms with Gasteiger partial charge in [0.05, 0.1) is 12.1 Å². The van der Waals surface area contributed by atoms with Crippen LogP contribution in [0.4, 0.5) is 0 Å². The van der Waals surface area contributed by atoms with Crippen LogP contribution in [0.5, 0.6) is 0 Å². The molecule has 0 aliphatic heterocycles. The largest absolute Gasteiger partial charge is 0.481 e. The van der Waals surface area contributed by atoms with Crippen molar-refractivity contribution < 1.29 is 14.6 Å². The zero-order valence-corrected chi connectivity index (χ0v) is 10.4. The van der Waals surface area contributed by atoms with Gasteiger partial charge in [-0.05, 0) is 13.3 Å². The molecule has 0 fully saturated rings. The molecule has 1 heterocycles. The molecule has 0 amide bonds. The van der Waals surface area contributed by atoms with Crippen LogP contribution < -0.4 is 0 Å². The molecule has 0 saturated carbocycles. The number of nitrogens with zero attached hydrogens (tertiary/aromatic N) is 1. The first-order chi connectivity index (χ1) is 7.67. The molecule has 1 aromatic heterocycles. The van der Waals surface area contributed by atoms with E-state index in [1.165, 1.54) is 0 Å². The summed E-state index contributed by atoms with van der Waals surface area (Å²) in [5, 5.41) is 11.4. The number of carboxylic acid groups (broad SMARTS) is 1. The fraction of sp³-hybridized carbons (Fsp3) is 0.636. The van der Waals surface area contributed by atoms with Crippen molar-refractivity contribution in [2.24, 2.45) is 0 Å². The molecule has 90 valence electrons. The molecule has 0 aliphatic rings. The SMILES string of the molecule is CCOC(CC)c1nc(CCC(=O)O)cs1. The van der Waals surface area contributed by atoms with E-state index in [2.05, 4.69) is 11.9 Å². The Morgan fingerprint density at radius 2 is 2.38 bits per heavy atom. The molecule has 0 aromatic carbocycles. The van der Waals surface area contributed by atoms with Crippen LogP contribution in [0.3, 0.4) is 0 Å². The molecule has 0 bridgehead atoms. The normalized spacial score (nSPS) is 12.6. The van der Waals surface area contributed by atoms with Crippen molar-refractivity contribution in [2.75, 3.05) is 6.61 Å². The highest BCUT2D eigenvalue weighted by Gasteiger charge is 2.13. The highest BCUT2D eigenvalue weighted by atomic mass is 32.1. The first-order valence-corrected chi connectivity index (χ1v) is 6.33. The standard InChI is InChI=1S/C11H17NO3S/c1-3-9(15-4-2)11-12-8(7-16-11)5-6-10(13)14/h7,9H,3-6H2,1-2H3,(H,13,14). The van der Waals surface area contributed by atoms with Gasteiger partial charge >= 0.3 is 5.97 Å². The number of aliphatic carboxylic acids is 1.